The van der Waals surface area contributed by atoms with Gasteiger partial charge in [0, 0.05) is 11.2 Å². The van der Waals surface area contributed by atoms with Gasteiger partial charge in [0.25, 0.3) is 0 Å². The standard InChI is InChI=1S/C16H24BNO3/c1-6-11-9-13(14(10-18-11)19-12-7-8-12)17-20-15(2,3)16(4,5)21-17/h9-10,12H,6-8H2,1-5H3. The van der Waals surface area contributed by atoms with Gasteiger partial charge in [-0.15, -0.1) is 0 Å². The van der Waals surface area contributed by atoms with Gasteiger partial charge in [-0.05, 0) is 53.0 Å². The highest BCUT2D eigenvalue weighted by atomic mass is 16.7. The first-order valence-electron chi connectivity index (χ1n) is 7.83. The minimum absolute atomic E-state index is 0.334. The second-order valence-corrected chi connectivity index (χ2v) is 6.97. The molecule has 1 saturated heterocycles. The number of nitrogens with zero attached hydrogens (tertiary/aromatic N) is 1. The third-order valence-electron chi connectivity index (χ3n) is 4.64. The maximum atomic E-state index is 6.16. The van der Waals surface area contributed by atoms with Crippen LogP contribution in [-0.2, 0) is 15.7 Å². The first kappa shape index (κ1) is 14.9. The van der Waals surface area contributed by atoms with Crippen molar-refractivity contribution in [3.05, 3.63) is 18.0 Å². The van der Waals surface area contributed by atoms with E-state index in [1.165, 1.54) is 0 Å². The Labute approximate surface area is 127 Å². The zero-order valence-corrected chi connectivity index (χ0v) is 13.6. The SMILES string of the molecule is CCc1cc(B2OC(C)(C)C(C)(C)O2)c(OC2CC2)cn1. The van der Waals surface area contributed by atoms with Crippen LogP contribution in [0.15, 0.2) is 12.3 Å². The van der Waals surface area contributed by atoms with Gasteiger partial charge in [-0.3, -0.25) is 4.98 Å². The predicted octanol–water partition coefficient (Wildman–Crippen LogP) is 2.48. The van der Waals surface area contributed by atoms with E-state index in [0.717, 1.165) is 36.2 Å². The van der Waals surface area contributed by atoms with Gasteiger partial charge in [0.1, 0.15) is 5.75 Å². The van der Waals surface area contributed by atoms with Crippen LogP contribution in [0.1, 0.15) is 53.2 Å². The molecule has 1 aliphatic carbocycles. The Bertz CT molecular complexity index is 524. The summed E-state index contributed by atoms with van der Waals surface area (Å²) in [5, 5.41) is 0. The summed E-state index contributed by atoms with van der Waals surface area (Å²) in [6.45, 7) is 10.4. The van der Waals surface area contributed by atoms with E-state index in [0.29, 0.717) is 6.10 Å². The molecule has 0 aromatic carbocycles. The Balaban J connectivity index is 1.92. The molecule has 0 unspecified atom stereocenters. The van der Waals surface area contributed by atoms with E-state index in [-0.39, 0.29) is 11.2 Å². The van der Waals surface area contributed by atoms with Crippen LogP contribution in [0.4, 0.5) is 0 Å². The van der Waals surface area contributed by atoms with Crippen LogP contribution in [0.2, 0.25) is 0 Å². The summed E-state index contributed by atoms with van der Waals surface area (Å²) >= 11 is 0. The van der Waals surface area contributed by atoms with Gasteiger partial charge in [0.15, 0.2) is 0 Å². The number of aryl methyl sites for hydroxylation is 1. The molecular formula is C16H24BNO3. The average Bonchev–Trinajstić information content (AvgIpc) is 3.18. The van der Waals surface area contributed by atoms with Crippen LogP contribution in [0.3, 0.4) is 0 Å². The van der Waals surface area contributed by atoms with Crippen molar-refractivity contribution in [3.63, 3.8) is 0 Å². The summed E-state index contributed by atoms with van der Waals surface area (Å²) in [5.41, 5.74) is 1.31. The molecule has 0 N–H and O–H groups in total. The number of pyridine rings is 1. The van der Waals surface area contributed by atoms with E-state index < -0.39 is 7.12 Å². The van der Waals surface area contributed by atoms with Gasteiger partial charge in [-0.1, -0.05) is 6.92 Å². The molecule has 0 spiro atoms. The Morgan fingerprint density at radius 1 is 1.24 bits per heavy atom. The molecule has 114 valence electrons. The number of hydrogen-bond acceptors (Lipinski definition) is 4. The molecule has 2 aliphatic rings. The zero-order valence-electron chi connectivity index (χ0n) is 13.6. The summed E-state index contributed by atoms with van der Waals surface area (Å²) < 4.78 is 18.3. The minimum Gasteiger partial charge on any atom is -0.489 e. The Morgan fingerprint density at radius 3 is 2.38 bits per heavy atom. The molecule has 0 bridgehead atoms. The van der Waals surface area contributed by atoms with E-state index in [2.05, 4.69) is 45.7 Å². The van der Waals surface area contributed by atoms with Gasteiger partial charge in [0.05, 0.1) is 23.5 Å². The van der Waals surface area contributed by atoms with Crippen LogP contribution in [-0.4, -0.2) is 29.4 Å². The molecule has 4 nitrogen and oxygen atoms in total. The van der Waals surface area contributed by atoms with Crippen molar-refractivity contribution in [3.8, 4) is 5.75 Å². The van der Waals surface area contributed by atoms with Crippen LogP contribution < -0.4 is 10.2 Å². The number of ether oxygens (including phenoxy) is 1. The Kier molecular flexibility index (Phi) is 3.53. The maximum Gasteiger partial charge on any atom is 0.498 e. The smallest absolute Gasteiger partial charge is 0.489 e. The van der Waals surface area contributed by atoms with E-state index in [4.69, 9.17) is 14.0 Å². The van der Waals surface area contributed by atoms with Gasteiger partial charge >= 0.3 is 7.12 Å². The molecule has 1 saturated carbocycles. The van der Waals surface area contributed by atoms with E-state index in [1.54, 1.807) is 0 Å². The lowest BCUT2D eigenvalue weighted by Crippen LogP contribution is -2.41. The molecule has 1 aromatic heterocycles. The molecule has 0 amide bonds. The summed E-state index contributed by atoms with van der Waals surface area (Å²) in [5.74, 6) is 0.799. The minimum atomic E-state index is -0.392. The second kappa shape index (κ2) is 4.99. The van der Waals surface area contributed by atoms with E-state index in [1.807, 2.05) is 6.20 Å². The Morgan fingerprint density at radius 2 is 1.86 bits per heavy atom. The molecule has 1 aliphatic heterocycles. The quantitative estimate of drug-likeness (QED) is 0.798. The summed E-state index contributed by atoms with van der Waals surface area (Å²) in [7, 11) is -0.392. The molecular weight excluding hydrogens is 265 g/mol. The molecule has 1 aromatic rings. The highest BCUT2D eigenvalue weighted by molar-refractivity contribution is 6.63. The van der Waals surface area contributed by atoms with Crippen LogP contribution in [0.25, 0.3) is 0 Å². The van der Waals surface area contributed by atoms with E-state index in [9.17, 15) is 0 Å². The summed E-state index contributed by atoms with van der Waals surface area (Å²) in [4.78, 5) is 4.45. The van der Waals surface area contributed by atoms with Crippen LogP contribution >= 0.6 is 0 Å². The van der Waals surface area contributed by atoms with E-state index >= 15 is 0 Å². The summed E-state index contributed by atoms with van der Waals surface area (Å²) in [6.07, 6.45) is 5.28. The largest absolute Gasteiger partial charge is 0.498 e. The fraction of sp³-hybridized carbons (Fsp3) is 0.688. The molecule has 0 radical (unpaired) electrons. The highest BCUT2D eigenvalue weighted by Crippen LogP contribution is 2.37. The second-order valence-electron chi connectivity index (χ2n) is 6.97. The van der Waals surface area contributed by atoms with Crippen molar-refractivity contribution in [2.75, 3.05) is 0 Å². The van der Waals surface area contributed by atoms with Gasteiger partial charge in [0.2, 0.25) is 0 Å². The normalized spacial score (nSPS) is 23.4. The predicted molar refractivity (Wildman–Crippen MR) is 83.0 cm³/mol. The van der Waals surface area contributed by atoms with Crippen LogP contribution in [0.5, 0.6) is 5.75 Å². The van der Waals surface area contributed by atoms with Crippen LogP contribution in [0, 0.1) is 0 Å². The van der Waals surface area contributed by atoms with Crippen molar-refractivity contribution in [1.82, 2.24) is 4.98 Å². The first-order chi connectivity index (χ1) is 9.82. The molecule has 2 fully saturated rings. The third-order valence-corrected chi connectivity index (χ3v) is 4.64. The fourth-order valence-electron chi connectivity index (χ4n) is 2.32. The topological polar surface area (TPSA) is 40.6 Å². The van der Waals surface area contributed by atoms with Crippen molar-refractivity contribution in [1.29, 1.82) is 0 Å². The Hall–Kier alpha value is -1.07. The number of aromatic nitrogens is 1. The molecule has 0 atom stereocenters. The lowest BCUT2D eigenvalue weighted by atomic mass is 9.78. The number of rotatable bonds is 4. The average molecular weight is 289 g/mol. The maximum absolute atomic E-state index is 6.16. The highest BCUT2D eigenvalue weighted by Gasteiger charge is 2.52. The fourth-order valence-corrected chi connectivity index (χ4v) is 2.32. The van der Waals surface area contributed by atoms with Gasteiger partial charge < -0.3 is 14.0 Å². The first-order valence-corrected chi connectivity index (χ1v) is 7.83. The van der Waals surface area contributed by atoms with Crippen molar-refractivity contribution >= 4 is 12.6 Å². The third kappa shape index (κ3) is 2.81. The monoisotopic (exact) mass is 289 g/mol. The molecule has 2 heterocycles. The van der Waals surface area contributed by atoms with Gasteiger partial charge in [-0.2, -0.15) is 0 Å². The lowest BCUT2D eigenvalue weighted by Gasteiger charge is -2.32. The van der Waals surface area contributed by atoms with Crippen molar-refractivity contribution in [2.24, 2.45) is 0 Å². The molecule has 5 heteroatoms. The molecule has 3 rings (SSSR count). The number of hydrogen-bond donors (Lipinski definition) is 0. The summed E-state index contributed by atoms with van der Waals surface area (Å²) in [6, 6.07) is 2.06. The zero-order chi connectivity index (χ0) is 15.3. The lowest BCUT2D eigenvalue weighted by molar-refractivity contribution is 0.00578. The van der Waals surface area contributed by atoms with Crippen molar-refractivity contribution < 1.29 is 14.0 Å². The van der Waals surface area contributed by atoms with Crippen molar-refractivity contribution in [2.45, 2.75) is 71.2 Å². The van der Waals surface area contributed by atoms with Gasteiger partial charge in [-0.25, -0.2) is 0 Å². The molecule has 21 heavy (non-hydrogen) atoms.